The lowest BCUT2D eigenvalue weighted by atomic mass is 9.72. The SMILES string of the molecule is COc1ccc(C2CN(Cc3ccccc3)C[C@@]2(C)[C@H](C)O)cc1OCc1ccccc1. The van der Waals surface area contributed by atoms with Gasteiger partial charge >= 0.3 is 0 Å². The van der Waals surface area contributed by atoms with Crippen LogP contribution in [0.5, 0.6) is 11.5 Å². The van der Waals surface area contributed by atoms with Crippen molar-refractivity contribution < 1.29 is 14.6 Å². The first-order valence-electron chi connectivity index (χ1n) is 11.3. The van der Waals surface area contributed by atoms with Gasteiger partial charge in [-0.05, 0) is 35.7 Å². The molecule has 3 aromatic rings. The average molecular weight is 432 g/mol. The summed E-state index contributed by atoms with van der Waals surface area (Å²) in [7, 11) is 1.67. The van der Waals surface area contributed by atoms with Crippen molar-refractivity contribution in [3.05, 3.63) is 95.6 Å². The summed E-state index contributed by atoms with van der Waals surface area (Å²) in [6.45, 7) is 7.21. The Balaban J connectivity index is 1.58. The topological polar surface area (TPSA) is 41.9 Å². The van der Waals surface area contributed by atoms with Crippen LogP contribution in [0, 0.1) is 5.41 Å². The number of methoxy groups -OCH3 is 1. The van der Waals surface area contributed by atoms with Crippen LogP contribution >= 0.6 is 0 Å². The fraction of sp³-hybridized carbons (Fsp3) is 0.357. The largest absolute Gasteiger partial charge is 0.493 e. The molecule has 1 aliphatic heterocycles. The van der Waals surface area contributed by atoms with Crippen molar-refractivity contribution in [2.75, 3.05) is 20.2 Å². The van der Waals surface area contributed by atoms with E-state index in [-0.39, 0.29) is 11.3 Å². The standard InChI is InChI=1S/C28H33NO3/c1-21(30)28(2)20-29(17-22-10-6-4-7-11-22)18-25(28)24-14-15-26(31-3)27(16-24)32-19-23-12-8-5-9-13-23/h4-16,21,25,30H,17-20H2,1-3H3/t21-,25?,28-/m0/s1. The van der Waals surface area contributed by atoms with Crippen LogP contribution in [0.15, 0.2) is 78.9 Å². The Morgan fingerprint density at radius 3 is 2.25 bits per heavy atom. The van der Waals surface area contributed by atoms with Crippen LogP contribution in [0.3, 0.4) is 0 Å². The molecular weight excluding hydrogens is 398 g/mol. The lowest BCUT2D eigenvalue weighted by molar-refractivity contribution is 0.0474. The maximum Gasteiger partial charge on any atom is 0.161 e. The van der Waals surface area contributed by atoms with Gasteiger partial charge in [0.1, 0.15) is 6.61 Å². The number of benzene rings is 3. The molecule has 0 saturated carbocycles. The second kappa shape index (κ2) is 9.76. The molecule has 1 N–H and O–H groups in total. The lowest BCUT2D eigenvalue weighted by Gasteiger charge is -2.34. The number of nitrogens with zero attached hydrogens (tertiary/aromatic N) is 1. The Morgan fingerprint density at radius 2 is 1.62 bits per heavy atom. The number of aliphatic hydroxyl groups is 1. The molecule has 1 heterocycles. The van der Waals surface area contributed by atoms with Gasteiger partial charge < -0.3 is 14.6 Å². The Hall–Kier alpha value is -2.82. The smallest absolute Gasteiger partial charge is 0.161 e. The molecule has 0 radical (unpaired) electrons. The molecule has 0 amide bonds. The predicted octanol–water partition coefficient (Wildman–Crippen LogP) is 5.26. The molecule has 3 aromatic carbocycles. The molecule has 0 spiro atoms. The summed E-state index contributed by atoms with van der Waals surface area (Å²) >= 11 is 0. The molecule has 1 unspecified atom stereocenters. The predicted molar refractivity (Wildman–Crippen MR) is 128 cm³/mol. The molecule has 32 heavy (non-hydrogen) atoms. The van der Waals surface area contributed by atoms with Crippen LogP contribution in [-0.4, -0.2) is 36.3 Å². The molecule has 0 bridgehead atoms. The van der Waals surface area contributed by atoms with Crippen molar-refractivity contribution in [2.24, 2.45) is 5.41 Å². The first-order chi connectivity index (χ1) is 15.5. The van der Waals surface area contributed by atoms with Crippen molar-refractivity contribution in [2.45, 2.75) is 39.0 Å². The van der Waals surface area contributed by atoms with E-state index in [1.165, 1.54) is 11.1 Å². The maximum atomic E-state index is 10.8. The summed E-state index contributed by atoms with van der Waals surface area (Å²) in [4.78, 5) is 2.45. The summed E-state index contributed by atoms with van der Waals surface area (Å²) in [5.41, 5.74) is 3.33. The average Bonchev–Trinajstić information content (AvgIpc) is 3.16. The zero-order valence-corrected chi connectivity index (χ0v) is 19.2. The van der Waals surface area contributed by atoms with Crippen LogP contribution in [0.4, 0.5) is 0 Å². The Kier molecular flexibility index (Phi) is 6.83. The number of hydrogen-bond acceptors (Lipinski definition) is 4. The van der Waals surface area contributed by atoms with Crippen LogP contribution in [0.25, 0.3) is 0 Å². The highest BCUT2D eigenvalue weighted by atomic mass is 16.5. The Bertz CT molecular complexity index is 1010. The Morgan fingerprint density at radius 1 is 0.969 bits per heavy atom. The molecular formula is C28H33NO3. The molecule has 4 heteroatoms. The van der Waals surface area contributed by atoms with Gasteiger partial charge in [-0.3, -0.25) is 4.90 Å². The van der Waals surface area contributed by atoms with E-state index in [2.05, 4.69) is 60.4 Å². The molecule has 4 rings (SSSR count). The van der Waals surface area contributed by atoms with Gasteiger partial charge in [-0.25, -0.2) is 0 Å². The van der Waals surface area contributed by atoms with Crippen molar-refractivity contribution in [3.8, 4) is 11.5 Å². The molecule has 3 atom stereocenters. The summed E-state index contributed by atoms with van der Waals surface area (Å²) in [5, 5.41) is 10.8. The van der Waals surface area contributed by atoms with Gasteiger partial charge in [-0.2, -0.15) is 0 Å². The van der Waals surface area contributed by atoms with E-state index in [0.717, 1.165) is 36.7 Å². The van der Waals surface area contributed by atoms with E-state index in [9.17, 15) is 5.11 Å². The number of ether oxygens (including phenoxy) is 2. The minimum atomic E-state index is -0.427. The quantitative estimate of drug-likeness (QED) is 0.528. The number of aliphatic hydroxyl groups excluding tert-OH is 1. The van der Waals surface area contributed by atoms with Gasteiger partial charge in [0, 0.05) is 31.0 Å². The van der Waals surface area contributed by atoms with Crippen molar-refractivity contribution in [1.29, 1.82) is 0 Å². The fourth-order valence-corrected chi connectivity index (χ4v) is 4.75. The number of hydrogen-bond donors (Lipinski definition) is 1. The van der Waals surface area contributed by atoms with E-state index in [0.29, 0.717) is 6.61 Å². The zero-order chi connectivity index (χ0) is 22.6. The van der Waals surface area contributed by atoms with Crippen molar-refractivity contribution >= 4 is 0 Å². The van der Waals surface area contributed by atoms with E-state index < -0.39 is 6.10 Å². The van der Waals surface area contributed by atoms with Gasteiger partial charge in [0.05, 0.1) is 13.2 Å². The zero-order valence-electron chi connectivity index (χ0n) is 19.2. The lowest BCUT2D eigenvalue weighted by Crippen LogP contribution is -2.37. The van der Waals surface area contributed by atoms with Crippen molar-refractivity contribution in [3.63, 3.8) is 0 Å². The van der Waals surface area contributed by atoms with Gasteiger partial charge in [0.25, 0.3) is 0 Å². The number of likely N-dealkylation sites (tertiary alicyclic amines) is 1. The molecule has 1 aliphatic rings. The normalized spacial score (nSPS) is 21.9. The summed E-state index contributed by atoms with van der Waals surface area (Å²) in [6.07, 6.45) is -0.427. The second-order valence-corrected chi connectivity index (χ2v) is 9.07. The molecule has 1 fully saturated rings. The van der Waals surface area contributed by atoms with Crippen LogP contribution in [-0.2, 0) is 13.2 Å². The molecule has 168 valence electrons. The van der Waals surface area contributed by atoms with Gasteiger partial charge in [0.15, 0.2) is 11.5 Å². The highest BCUT2D eigenvalue weighted by Gasteiger charge is 2.46. The minimum Gasteiger partial charge on any atom is -0.493 e. The van der Waals surface area contributed by atoms with Gasteiger partial charge in [0.2, 0.25) is 0 Å². The summed E-state index contributed by atoms with van der Waals surface area (Å²) in [6, 6.07) is 26.9. The van der Waals surface area contributed by atoms with Crippen LogP contribution < -0.4 is 9.47 Å². The molecule has 0 aliphatic carbocycles. The first kappa shape index (κ1) is 22.4. The highest BCUT2D eigenvalue weighted by molar-refractivity contribution is 5.45. The van der Waals surface area contributed by atoms with E-state index in [1.54, 1.807) is 7.11 Å². The second-order valence-electron chi connectivity index (χ2n) is 9.07. The minimum absolute atomic E-state index is 0.191. The molecule has 4 nitrogen and oxygen atoms in total. The third kappa shape index (κ3) is 4.82. The summed E-state index contributed by atoms with van der Waals surface area (Å²) < 4.78 is 11.7. The van der Waals surface area contributed by atoms with Crippen LogP contribution in [0.1, 0.15) is 36.5 Å². The Labute approximate surface area is 191 Å². The van der Waals surface area contributed by atoms with Gasteiger partial charge in [-0.15, -0.1) is 0 Å². The number of rotatable bonds is 8. The third-order valence-electron chi connectivity index (χ3n) is 6.83. The monoisotopic (exact) mass is 431 g/mol. The van der Waals surface area contributed by atoms with E-state index >= 15 is 0 Å². The molecule has 0 aromatic heterocycles. The first-order valence-corrected chi connectivity index (χ1v) is 11.3. The third-order valence-corrected chi connectivity index (χ3v) is 6.83. The molecule has 1 saturated heterocycles. The maximum absolute atomic E-state index is 10.8. The van der Waals surface area contributed by atoms with E-state index in [4.69, 9.17) is 9.47 Å². The van der Waals surface area contributed by atoms with Gasteiger partial charge in [-0.1, -0.05) is 73.7 Å². The highest BCUT2D eigenvalue weighted by Crippen LogP contribution is 2.47. The van der Waals surface area contributed by atoms with E-state index in [1.807, 2.05) is 37.3 Å². The van der Waals surface area contributed by atoms with Crippen molar-refractivity contribution in [1.82, 2.24) is 4.90 Å². The fourth-order valence-electron chi connectivity index (χ4n) is 4.75. The summed E-state index contributed by atoms with van der Waals surface area (Å²) in [5.74, 6) is 1.65. The van der Waals surface area contributed by atoms with Crippen LogP contribution in [0.2, 0.25) is 0 Å².